The van der Waals surface area contributed by atoms with E-state index in [-0.39, 0.29) is 18.3 Å². The summed E-state index contributed by atoms with van der Waals surface area (Å²) >= 11 is 0. The molecule has 88 valence electrons. The fraction of sp³-hybridized carbons (Fsp3) is 0.636. The van der Waals surface area contributed by atoms with Crippen LogP contribution in [0.4, 0.5) is 8.78 Å². The molecule has 1 aliphatic carbocycles. The Hall–Kier alpha value is -1.10. The molecule has 2 rings (SSSR count). The van der Waals surface area contributed by atoms with Gasteiger partial charge in [-0.1, -0.05) is 0 Å². The van der Waals surface area contributed by atoms with E-state index in [1.165, 1.54) is 6.33 Å². The molecule has 0 radical (unpaired) electrons. The predicted molar refractivity (Wildman–Crippen MR) is 56.2 cm³/mol. The van der Waals surface area contributed by atoms with Gasteiger partial charge < -0.3 is 5.73 Å². The van der Waals surface area contributed by atoms with Crippen molar-refractivity contribution in [3.05, 3.63) is 24.3 Å². The van der Waals surface area contributed by atoms with Crippen molar-refractivity contribution in [1.82, 2.24) is 9.97 Å². The SMILES string of the molecule is NCC1(c2cncnc2)CCC(F)(F)CC1. The van der Waals surface area contributed by atoms with Crippen LogP contribution in [0, 0.1) is 0 Å². The first kappa shape index (κ1) is 11.4. The molecular formula is C11H15F2N3. The van der Waals surface area contributed by atoms with Crippen LogP contribution in [0.1, 0.15) is 31.2 Å². The Bertz CT molecular complexity index is 344. The Balaban J connectivity index is 2.23. The third-order valence-corrected chi connectivity index (χ3v) is 3.50. The zero-order valence-corrected chi connectivity index (χ0v) is 9.00. The third-order valence-electron chi connectivity index (χ3n) is 3.50. The highest BCUT2D eigenvalue weighted by molar-refractivity contribution is 5.21. The highest BCUT2D eigenvalue weighted by Crippen LogP contribution is 2.44. The molecule has 0 bridgehead atoms. The van der Waals surface area contributed by atoms with Gasteiger partial charge in [0.25, 0.3) is 0 Å². The lowest BCUT2D eigenvalue weighted by atomic mass is 9.69. The van der Waals surface area contributed by atoms with Crippen molar-refractivity contribution in [2.24, 2.45) is 5.73 Å². The van der Waals surface area contributed by atoms with Crippen molar-refractivity contribution in [3.8, 4) is 0 Å². The van der Waals surface area contributed by atoms with Gasteiger partial charge in [0.05, 0.1) is 0 Å². The maximum atomic E-state index is 13.1. The zero-order valence-electron chi connectivity index (χ0n) is 9.00. The van der Waals surface area contributed by atoms with E-state index in [1.807, 2.05) is 0 Å². The summed E-state index contributed by atoms with van der Waals surface area (Å²) in [6.45, 7) is 0.371. The van der Waals surface area contributed by atoms with Crippen molar-refractivity contribution in [1.29, 1.82) is 0 Å². The molecule has 0 atom stereocenters. The van der Waals surface area contributed by atoms with Crippen LogP contribution in [0.5, 0.6) is 0 Å². The molecule has 0 amide bonds. The molecule has 1 heterocycles. The van der Waals surface area contributed by atoms with Gasteiger partial charge in [-0.25, -0.2) is 18.7 Å². The number of rotatable bonds is 2. The maximum absolute atomic E-state index is 13.1. The molecule has 1 fully saturated rings. The van der Waals surface area contributed by atoms with Gasteiger partial charge in [-0.3, -0.25) is 0 Å². The fourth-order valence-corrected chi connectivity index (χ4v) is 2.28. The highest BCUT2D eigenvalue weighted by atomic mass is 19.3. The van der Waals surface area contributed by atoms with Gasteiger partial charge in [-0.15, -0.1) is 0 Å². The van der Waals surface area contributed by atoms with Gasteiger partial charge in [-0.2, -0.15) is 0 Å². The molecule has 1 aromatic rings. The second-order valence-corrected chi connectivity index (χ2v) is 4.47. The van der Waals surface area contributed by atoms with Crippen LogP contribution >= 0.6 is 0 Å². The van der Waals surface area contributed by atoms with Crippen molar-refractivity contribution < 1.29 is 8.78 Å². The van der Waals surface area contributed by atoms with Crippen LogP contribution in [0.25, 0.3) is 0 Å². The lowest BCUT2D eigenvalue weighted by molar-refractivity contribution is -0.0509. The fourth-order valence-electron chi connectivity index (χ4n) is 2.28. The Morgan fingerprint density at radius 1 is 1.12 bits per heavy atom. The monoisotopic (exact) mass is 227 g/mol. The molecule has 0 spiro atoms. The van der Waals surface area contributed by atoms with E-state index in [0.717, 1.165) is 5.56 Å². The minimum Gasteiger partial charge on any atom is -0.330 e. The van der Waals surface area contributed by atoms with Gasteiger partial charge in [0.1, 0.15) is 6.33 Å². The van der Waals surface area contributed by atoms with Crippen LogP contribution < -0.4 is 5.73 Å². The number of halogens is 2. The second-order valence-electron chi connectivity index (χ2n) is 4.47. The van der Waals surface area contributed by atoms with Crippen LogP contribution in [0.2, 0.25) is 0 Å². The Morgan fingerprint density at radius 2 is 1.69 bits per heavy atom. The lowest BCUT2D eigenvalue weighted by Crippen LogP contribution is -2.42. The molecule has 0 aliphatic heterocycles. The average Bonchev–Trinajstić information content (AvgIpc) is 2.31. The van der Waals surface area contributed by atoms with E-state index in [2.05, 4.69) is 9.97 Å². The topological polar surface area (TPSA) is 51.8 Å². The summed E-state index contributed by atoms with van der Waals surface area (Å²) < 4.78 is 26.3. The van der Waals surface area contributed by atoms with E-state index >= 15 is 0 Å². The van der Waals surface area contributed by atoms with E-state index < -0.39 is 5.92 Å². The quantitative estimate of drug-likeness (QED) is 0.839. The summed E-state index contributed by atoms with van der Waals surface area (Å²) in [6, 6.07) is 0. The van der Waals surface area contributed by atoms with Gasteiger partial charge in [0.2, 0.25) is 5.92 Å². The Morgan fingerprint density at radius 3 is 2.19 bits per heavy atom. The summed E-state index contributed by atoms with van der Waals surface area (Å²) in [5, 5.41) is 0. The van der Waals surface area contributed by atoms with E-state index in [9.17, 15) is 8.78 Å². The first-order chi connectivity index (χ1) is 7.58. The van der Waals surface area contributed by atoms with Crippen LogP contribution in [0.15, 0.2) is 18.7 Å². The summed E-state index contributed by atoms with van der Waals surface area (Å²) in [7, 11) is 0. The minimum absolute atomic E-state index is 0.0981. The Kier molecular flexibility index (Phi) is 2.88. The normalized spacial score (nSPS) is 22.9. The molecule has 2 N–H and O–H groups in total. The number of aromatic nitrogens is 2. The van der Waals surface area contributed by atoms with Gasteiger partial charge in [-0.05, 0) is 18.4 Å². The van der Waals surface area contributed by atoms with Crippen LogP contribution in [-0.2, 0) is 5.41 Å². The number of hydrogen-bond donors (Lipinski definition) is 1. The smallest absolute Gasteiger partial charge is 0.248 e. The largest absolute Gasteiger partial charge is 0.330 e. The van der Waals surface area contributed by atoms with Gasteiger partial charge >= 0.3 is 0 Å². The molecule has 1 aromatic heterocycles. The van der Waals surface area contributed by atoms with Crippen molar-refractivity contribution >= 4 is 0 Å². The van der Waals surface area contributed by atoms with Gasteiger partial charge in [0, 0.05) is 37.2 Å². The van der Waals surface area contributed by atoms with Crippen LogP contribution in [0.3, 0.4) is 0 Å². The van der Waals surface area contributed by atoms with Gasteiger partial charge in [0.15, 0.2) is 0 Å². The molecule has 0 aromatic carbocycles. The molecule has 5 heteroatoms. The number of hydrogen-bond acceptors (Lipinski definition) is 3. The van der Waals surface area contributed by atoms with Crippen LogP contribution in [-0.4, -0.2) is 22.4 Å². The first-order valence-electron chi connectivity index (χ1n) is 5.41. The molecule has 1 saturated carbocycles. The standard InChI is InChI=1S/C11H15F2N3/c12-11(13)3-1-10(7-14,2-4-11)9-5-15-8-16-6-9/h5-6,8H,1-4,7,14H2. The lowest BCUT2D eigenvalue weighted by Gasteiger charge is -2.39. The number of alkyl halides is 2. The van der Waals surface area contributed by atoms with E-state index in [4.69, 9.17) is 5.73 Å². The molecule has 0 saturated heterocycles. The van der Waals surface area contributed by atoms with Crippen molar-refractivity contribution in [3.63, 3.8) is 0 Å². The number of nitrogens with zero attached hydrogens (tertiary/aromatic N) is 2. The third kappa shape index (κ3) is 2.04. The van der Waals surface area contributed by atoms with Crippen molar-refractivity contribution in [2.75, 3.05) is 6.54 Å². The minimum atomic E-state index is -2.53. The molecule has 3 nitrogen and oxygen atoms in total. The predicted octanol–water partition coefficient (Wildman–Crippen LogP) is 1.88. The summed E-state index contributed by atoms with van der Waals surface area (Å²) in [5.41, 5.74) is 6.28. The zero-order chi connectivity index (χ0) is 11.6. The molecular weight excluding hydrogens is 212 g/mol. The van der Waals surface area contributed by atoms with E-state index in [0.29, 0.717) is 19.4 Å². The first-order valence-corrected chi connectivity index (χ1v) is 5.41. The molecule has 16 heavy (non-hydrogen) atoms. The maximum Gasteiger partial charge on any atom is 0.248 e. The number of nitrogens with two attached hydrogens (primary N) is 1. The summed E-state index contributed by atoms with van der Waals surface area (Å²) in [6.07, 6.45) is 5.42. The second kappa shape index (κ2) is 4.05. The average molecular weight is 227 g/mol. The van der Waals surface area contributed by atoms with Crippen molar-refractivity contribution in [2.45, 2.75) is 37.0 Å². The molecule has 1 aliphatic rings. The Labute approximate surface area is 93.1 Å². The summed E-state index contributed by atoms with van der Waals surface area (Å²) in [5.74, 6) is -2.53. The highest BCUT2D eigenvalue weighted by Gasteiger charge is 2.43. The molecule has 0 unspecified atom stereocenters. The van der Waals surface area contributed by atoms with E-state index in [1.54, 1.807) is 12.4 Å². The summed E-state index contributed by atoms with van der Waals surface area (Å²) in [4.78, 5) is 7.87.